The first-order chi connectivity index (χ1) is 7.72. The highest BCUT2D eigenvalue weighted by Crippen LogP contribution is 2.33. The summed E-state index contributed by atoms with van der Waals surface area (Å²) in [5.41, 5.74) is 0.914. The number of methoxy groups -OCH3 is 1. The van der Waals surface area contributed by atoms with Crippen molar-refractivity contribution >= 4 is 11.5 Å². The highest BCUT2D eigenvalue weighted by Gasteiger charge is 2.22. The van der Waals surface area contributed by atoms with Gasteiger partial charge >= 0.3 is 0 Å². The van der Waals surface area contributed by atoms with Crippen molar-refractivity contribution in [2.24, 2.45) is 5.92 Å². The van der Waals surface area contributed by atoms with Crippen LogP contribution in [0.3, 0.4) is 0 Å². The second-order valence-corrected chi connectivity index (χ2v) is 4.35. The molecule has 2 heterocycles. The maximum atomic E-state index is 5.23. The molecule has 0 amide bonds. The van der Waals surface area contributed by atoms with Gasteiger partial charge in [-0.15, -0.1) is 0 Å². The topological polar surface area (TPSA) is 50.3 Å². The average molecular weight is 222 g/mol. The highest BCUT2D eigenvalue weighted by atomic mass is 16.5. The molecule has 0 atom stereocenters. The summed E-state index contributed by atoms with van der Waals surface area (Å²) < 4.78 is 5.23. The van der Waals surface area contributed by atoms with Crippen molar-refractivity contribution in [3.8, 4) is 5.88 Å². The Morgan fingerprint density at radius 1 is 1.50 bits per heavy atom. The van der Waals surface area contributed by atoms with Crippen LogP contribution in [-0.4, -0.2) is 36.7 Å². The lowest BCUT2D eigenvalue weighted by atomic mass is 10.2. The molecule has 0 bridgehead atoms. The third kappa shape index (κ3) is 2.03. The lowest BCUT2D eigenvalue weighted by Crippen LogP contribution is -2.37. The second-order valence-electron chi connectivity index (χ2n) is 4.35. The van der Waals surface area contributed by atoms with Crippen LogP contribution in [0.5, 0.6) is 5.88 Å². The van der Waals surface area contributed by atoms with Crippen LogP contribution in [-0.2, 0) is 0 Å². The number of anilines is 2. The van der Waals surface area contributed by atoms with Gasteiger partial charge in [0, 0.05) is 19.6 Å². The molecular weight excluding hydrogens is 204 g/mol. The van der Waals surface area contributed by atoms with Gasteiger partial charge in [0.05, 0.1) is 7.11 Å². The number of hydrogen-bond acceptors (Lipinski definition) is 5. The van der Waals surface area contributed by atoms with Crippen molar-refractivity contribution < 1.29 is 4.74 Å². The van der Waals surface area contributed by atoms with E-state index in [1.165, 1.54) is 0 Å². The van der Waals surface area contributed by atoms with E-state index in [2.05, 4.69) is 34.0 Å². The molecule has 5 nitrogen and oxygen atoms in total. The van der Waals surface area contributed by atoms with Crippen LogP contribution in [0.1, 0.15) is 13.8 Å². The molecule has 0 saturated carbocycles. The van der Waals surface area contributed by atoms with E-state index in [1.54, 1.807) is 13.4 Å². The fourth-order valence-electron chi connectivity index (χ4n) is 1.95. The summed E-state index contributed by atoms with van der Waals surface area (Å²) in [6.07, 6.45) is 1.55. The molecule has 1 aliphatic heterocycles. The summed E-state index contributed by atoms with van der Waals surface area (Å²) in [5, 5.41) is 3.29. The standard InChI is InChI=1S/C11H18N4O/c1-8(2)6-15-5-4-12-9-10(15)13-7-14-11(9)16-3/h7-8,12H,4-6H2,1-3H3. The van der Waals surface area contributed by atoms with Gasteiger partial charge in [0.1, 0.15) is 12.0 Å². The van der Waals surface area contributed by atoms with E-state index in [-0.39, 0.29) is 0 Å². The molecule has 2 rings (SSSR count). The minimum absolute atomic E-state index is 0.618. The number of hydrogen-bond donors (Lipinski definition) is 1. The van der Waals surface area contributed by atoms with Crippen LogP contribution < -0.4 is 15.0 Å². The monoisotopic (exact) mass is 222 g/mol. The van der Waals surface area contributed by atoms with E-state index in [0.29, 0.717) is 11.8 Å². The van der Waals surface area contributed by atoms with E-state index in [0.717, 1.165) is 31.1 Å². The molecule has 0 aliphatic carbocycles. The van der Waals surface area contributed by atoms with Gasteiger partial charge in [-0.25, -0.2) is 4.98 Å². The van der Waals surface area contributed by atoms with Gasteiger partial charge in [-0.2, -0.15) is 4.98 Å². The van der Waals surface area contributed by atoms with Crippen LogP contribution >= 0.6 is 0 Å². The number of rotatable bonds is 3. The molecule has 0 spiro atoms. The third-order valence-electron chi connectivity index (χ3n) is 2.55. The summed E-state index contributed by atoms with van der Waals surface area (Å²) in [5.74, 6) is 2.19. The van der Waals surface area contributed by atoms with Gasteiger partial charge in [0.15, 0.2) is 5.82 Å². The van der Waals surface area contributed by atoms with E-state index < -0.39 is 0 Å². The second kappa shape index (κ2) is 4.55. The number of nitrogens with zero attached hydrogens (tertiary/aromatic N) is 3. The molecule has 0 fully saturated rings. The zero-order valence-electron chi connectivity index (χ0n) is 10.0. The molecule has 0 aromatic carbocycles. The van der Waals surface area contributed by atoms with Gasteiger partial charge in [-0.05, 0) is 5.92 Å². The molecule has 0 saturated heterocycles. The Morgan fingerprint density at radius 2 is 2.31 bits per heavy atom. The summed E-state index contributed by atoms with van der Waals surface area (Å²) >= 11 is 0. The Balaban J connectivity index is 2.31. The number of nitrogens with one attached hydrogen (secondary N) is 1. The minimum Gasteiger partial charge on any atom is -0.479 e. The molecule has 5 heteroatoms. The van der Waals surface area contributed by atoms with E-state index in [9.17, 15) is 0 Å². The van der Waals surface area contributed by atoms with Crippen molar-refractivity contribution in [1.82, 2.24) is 9.97 Å². The SMILES string of the molecule is COc1ncnc2c1NCCN2CC(C)C. The Labute approximate surface area is 95.8 Å². The Morgan fingerprint density at radius 3 is 3.00 bits per heavy atom. The van der Waals surface area contributed by atoms with Crippen LogP contribution in [0.25, 0.3) is 0 Å². The van der Waals surface area contributed by atoms with Crippen molar-refractivity contribution in [2.75, 3.05) is 37.0 Å². The Kier molecular flexibility index (Phi) is 3.12. The summed E-state index contributed by atoms with van der Waals surface area (Å²) in [7, 11) is 1.63. The largest absolute Gasteiger partial charge is 0.479 e. The van der Waals surface area contributed by atoms with Gasteiger partial charge in [-0.1, -0.05) is 13.8 Å². The fourth-order valence-corrected chi connectivity index (χ4v) is 1.95. The first-order valence-electron chi connectivity index (χ1n) is 5.60. The maximum absolute atomic E-state index is 5.23. The Hall–Kier alpha value is -1.52. The minimum atomic E-state index is 0.618. The van der Waals surface area contributed by atoms with E-state index in [4.69, 9.17) is 4.74 Å². The lowest BCUT2D eigenvalue weighted by Gasteiger charge is -2.32. The third-order valence-corrected chi connectivity index (χ3v) is 2.55. The molecule has 1 aliphatic rings. The van der Waals surface area contributed by atoms with Gasteiger partial charge in [0.25, 0.3) is 0 Å². The van der Waals surface area contributed by atoms with Gasteiger partial charge in [0.2, 0.25) is 5.88 Å². The molecule has 1 aromatic rings. The molecular formula is C11H18N4O. The van der Waals surface area contributed by atoms with E-state index >= 15 is 0 Å². The molecule has 1 N–H and O–H groups in total. The van der Waals surface area contributed by atoms with Crippen LogP contribution in [0, 0.1) is 5.92 Å². The average Bonchev–Trinajstić information content (AvgIpc) is 2.28. The number of fused-ring (bicyclic) bond motifs is 1. The predicted molar refractivity (Wildman–Crippen MR) is 64.1 cm³/mol. The molecule has 16 heavy (non-hydrogen) atoms. The van der Waals surface area contributed by atoms with Crippen LogP contribution in [0.15, 0.2) is 6.33 Å². The van der Waals surface area contributed by atoms with Crippen molar-refractivity contribution in [1.29, 1.82) is 0 Å². The summed E-state index contributed by atoms with van der Waals surface area (Å²) in [6.45, 7) is 7.31. The normalized spacial score (nSPS) is 14.6. The first-order valence-corrected chi connectivity index (χ1v) is 5.60. The zero-order chi connectivity index (χ0) is 11.5. The van der Waals surface area contributed by atoms with E-state index in [1.807, 2.05) is 0 Å². The molecule has 0 radical (unpaired) electrons. The van der Waals surface area contributed by atoms with Crippen LogP contribution in [0.2, 0.25) is 0 Å². The van der Waals surface area contributed by atoms with Gasteiger partial charge < -0.3 is 15.0 Å². The zero-order valence-corrected chi connectivity index (χ0v) is 10.0. The first kappa shape index (κ1) is 11.0. The van der Waals surface area contributed by atoms with Crippen LogP contribution in [0.4, 0.5) is 11.5 Å². The summed E-state index contributed by atoms with van der Waals surface area (Å²) in [4.78, 5) is 10.7. The molecule has 0 unspecified atom stereocenters. The van der Waals surface area contributed by atoms with Crippen molar-refractivity contribution in [2.45, 2.75) is 13.8 Å². The van der Waals surface area contributed by atoms with Crippen molar-refractivity contribution in [3.05, 3.63) is 6.33 Å². The fraction of sp³-hybridized carbons (Fsp3) is 0.636. The lowest BCUT2D eigenvalue weighted by molar-refractivity contribution is 0.398. The smallest absolute Gasteiger partial charge is 0.242 e. The number of aromatic nitrogens is 2. The predicted octanol–water partition coefficient (Wildman–Crippen LogP) is 1.37. The Bertz CT molecular complexity index is 367. The molecule has 1 aromatic heterocycles. The summed E-state index contributed by atoms with van der Waals surface area (Å²) in [6, 6.07) is 0. The van der Waals surface area contributed by atoms with Gasteiger partial charge in [-0.3, -0.25) is 0 Å². The molecule has 88 valence electrons. The maximum Gasteiger partial charge on any atom is 0.242 e. The van der Waals surface area contributed by atoms with Crippen molar-refractivity contribution in [3.63, 3.8) is 0 Å². The highest BCUT2D eigenvalue weighted by molar-refractivity contribution is 5.72. The number of ether oxygens (including phenoxy) is 1. The quantitative estimate of drug-likeness (QED) is 0.837.